The van der Waals surface area contributed by atoms with Crippen LogP contribution in [0.1, 0.15) is 16.8 Å². The van der Waals surface area contributed by atoms with E-state index in [0.717, 1.165) is 16.7 Å². The molecule has 0 bridgehead atoms. The van der Waals surface area contributed by atoms with Gasteiger partial charge in [-0.2, -0.15) is 0 Å². The predicted octanol–water partition coefficient (Wildman–Crippen LogP) is 2.11. The van der Waals surface area contributed by atoms with E-state index < -0.39 is 26.6 Å². The number of aliphatic hydroxyl groups is 1. The summed E-state index contributed by atoms with van der Waals surface area (Å²) in [5, 5.41) is 11.8. The highest BCUT2D eigenvalue weighted by atomic mass is 32.2. The molecule has 0 atom stereocenters. The monoisotopic (exact) mass is 336 g/mol. The highest BCUT2D eigenvalue weighted by Gasteiger charge is 2.38. The number of carbonyl (C=O) groups is 1. The Labute approximate surface area is 131 Å². The van der Waals surface area contributed by atoms with Crippen molar-refractivity contribution >= 4 is 32.2 Å². The summed E-state index contributed by atoms with van der Waals surface area (Å²) in [7, 11) is -4.05. The van der Waals surface area contributed by atoms with Crippen molar-refractivity contribution in [2.75, 3.05) is 0 Å². The van der Waals surface area contributed by atoms with Crippen molar-refractivity contribution in [1.29, 1.82) is 0 Å². The molecule has 0 aliphatic carbocycles. The summed E-state index contributed by atoms with van der Waals surface area (Å²) in [4.78, 5) is 15.1. The molecule has 8 heteroatoms. The van der Waals surface area contributed by atoms with E-state index in [4.69, 9.17) is 0 Å². The molecule has 2 heterocycles. The van der Waals surface area contributed by atoms with Gasteiger partial charge in [-0.1, -0.05) is 12.1 Å². The van der Waals surface area contributed by atoms with Gasteiger partial charge in [0.2, 0.25) is 5.76 Å². The molecule has 0 unspecified atom stereocenters. The van der Waals surface area contributed by atoms with Gasteiger partial charge in [-0.3, -0.25) is 4.79 Å². The molecular weight excluding hydrogens is 324 g/mol. The van der Waals surface area contributed by atoms with Crippen LogP contribution in [0.4, 0.5) is 0 Å². The lowest BCUT2D eigenvalue weighted by Crippen LogP contribution is -2.23. The van der Waals surface area contributed by atoms with Crippen LogP contribution in [0, 0.1) is 13.8 Å². The van der Waals surface area contributed by atoms with Crippen LogP contribution in [0.5, 0.6) is 0 Å². The lowest BCUT2D eigenvalue weighted by atomic mass is 10.1. The Bertz CT molecular complexity index is 926. The molecule has 3 rings (SSSR count). The van der Waals surface area contributed by atoms with Gasteiger partial charge >= 0.3 is 5.91 Å². The number of aromatic nitrogens is 1. The number of benzene rings is 1. The lowest BCUT2D eigenvalue weighted by molar-refractivity contribution is -0.117. The minimum atomic E-state index is -4.05. The Morgan fingerprint density at radius 3 is 2.55 bits per heavy atom. The molecule has 0 radical (unpaired) electrons. The van der Waals surface area contributed by atoms with Gasteiger partial charge in [-0.25, -0.2) is 18.1 Å². The average molecular weight is 336 g/mol. The zero-order valence-electron chi connectivity index (χ0n) is 11.7. The van der Waals surface area contributed by atoms with Crippen LogP contribution in [0.3, 0.4) is 0 Å². The Morgan fingerprint density at radius 2 is 1.95 bits per heavy atom. The van der Waals surface area contributed by atoms with Crippen LogP contribution in [0.15, 0.2) is 29.3 Å². The number of hydrogen-bond donors (Lipinski definition) is 2. The summed E-state index contributed by atoms with van der Waals surface area (Å²) >= 11 is 1.25. The van der Waals surface area contributed by atoms with Gasteiger partial charge in [0.1, 0.15) is 5.01 Å². The SMILES string of the molecule is Cc1ccc(-c2nc(C3=C(O)C(=O)NS3(=O)=O)cs2)cc1C. The fourth-order valence-electron chi connectivity index (χ4n) is 2.10. The van der Waals surface area contributed by atoms with E-state index >= 15 is 0 Å². The molecule has 22 heavy (non-hydrogen) atoms. The number of aliphatic hydroxyl groups excluding tert-OH is 1. The smallest absolute Gasteiger partial charge is 0.301 e. The normalized spacial score (nSPS) is 16.9. The lowest BCUT2D eigenvalue weighted by Gasteiger charge is -2.02. The van der Waals surface area contributed by atoms with Gasteiger partial charge in [-0.05, 0) is 31.0 Å². The standard InChI is InChI=1S/C14H12N2O4S2/c1-7-3-4-9(5-8(7)2)14-15-10(6-21-14)12-11(17)13(18)16-22(12,19)20/h3-6,17H,1-2H3,(H,16,18). The molecule has 0 saturated heterocycles. The first-order valence-electron chi connectivity index (χ1n) is 6.33. The molecule has 1 aromatic carbocycles. The zero-order valence-corrected chi connectivity index (χ0v) is 13.4. The van der Waals surface area contributed by atoms with Gasteiger partial charge in [0.15, 0.2) is 4.91 Å². The summed E-state index contributed by atoms with van der Waals surface area (Å²) in [5.41, 5.74) is 3.17. The summed E-state index contributed by atoms with van der Waals surface area (Å²) in [5.74, 6) is -1.85. The number of amides is 1. The Balaban J connectivity index is 2.08. The maximum atomic E-state index is 11.8. The molecule has 2 N–H and O–H groups in total. The van der Waals surface area contributed by atoms with E-state index in [1.165, 1.54) is 16.7 Å². The van der Waals surface area contributed by atoms with Gasteiger partial charge < -0.3 is 5.11 Å². The largest absolute Gasteiger partial charge is 0.502 e. The molecule has 2 aromatic rings. The molecule has 0 fully saturated rings. The van der Waals surface area contributed by atoms with E-state index in [0.29, 0.717) is 5.01 Å². The van der Waals surface area contributed by atoms with Gasteiger partial charge in [0, 0.05) is 10.9 Å². The molecule has 1 aliphatic rings. The molecule has 1 aromatic heterocycles. The number of hydrogen-bond acceptors (Lipinski definition) is 6. The van der Waals surface area contributed by atoms with Gasteiger partial charge in [-0.15, -0.1) is 11.3 Å². The average Bonchev–Trinajstić information content (AvgIpc) is 2.97. The van der Waals surface area contributed by atoms with Gasteiger partial charge in [0.05, 0.1) is 5.69 Å². The first-order valence-corrected chi connectivity index (χ1v) is 8.70. The van der Waals surface area contributed by atoms with E-state index in [-0.39, 0.29) is 5.69 Å². The van der Waals surface area contributed by atoms with Crippen LogP contribution in [-0.4, -0.2) is 24.4 Å². The second-order valence-electron chi connectivity index (χ2n) is 4.95. The number of sulfonamides is 1. The molecule has 6 nitrogen and oxygen atoms in total. The number of aryl methyl sites for hydroxylation is 2. The summed E-state index contributed by atoms with van der Waals surface area (Å²) in [6, 6.07) is 5.81. The van der Waals surface area contributed by atoms with Crippen molar-refractivity contribution in [3.63, 3.8) is 0 Å². The fourth-order valence-corrected chi connectivity index (χ4v) is 4.15. The minimum Gasteiger partial charge on any atom is -0.502 e. The van der Waals surface area contributed by atoms with Crippen molar-refractivity contribution in [1.82, 2.24) is 9.71 Å². The summed E-state index contributed by atoms with van der Waals surface area (Å²) in [6.07, 6.45) is 0. The maximum absolute atomic E-state index is 11.8. The van der Waals surface area contributed by atoms with Crippen molar-refractivity contribution < 1.29 is 18.3 Å². The summed E-state index contributed by atoms with van der Waals surface area (Å²) in [6.45, 7) is 3.98. The molecule has 0 spiro atoms. The summed E-state index contributed by atoms with van der Waals surface area (Å²) < 4.78 is 25.4. The number of thiazole rings is 1. The molecular formula is C14H12N2O4S2. The first kappa shape index (κ1) is 14.7. The van der Waals surface area contributed by atoms with Crippen LogP contribution in [0.2, 0.25) is 0 Å². The third-order valence-electron chi connectivity index (χ3n) is 3.42. The number of carbonyl (C=O) groups excluding carboxylic acids is 1. The molecule has 114 valence electrons. The predicted molar refractivity (Wildman–Crippen MR) is 83.6 cm³/mol. The Morgan fingerprint density at radius 1 is 1.23 bits per heavy atom. The maximum Gasteiger partial charge on any atom is 0.301 e. The van der Waals surface area contributed by atoms with Crippen molar-refractivity contribution in [3.8, 4) is 10.6 Å². The van der Waals surface area contributed by atoms with Crippen LogP contribution in [0.25, 0.3) is 15.5 Å². The van der Waals surface area contributed by atoms with Crippen molar-refractivity contribution in [2.24, 2.45) is 0 Å². The topological polar surface area (TPSA) is 96.4 Å². The number of rotatable bonds is 2. The highest BCUT2D eigenvalue weighted by Crippen LogP contribution is 2.32. The number of nitrogens with one attached hydrogen (secondary N) is 1. The fraction of sp³-hybridized carbons (Fsp3) is 0.143. The third-order valence-corrected chi connectivity index (χ3v) is 5.70. The van der Waals surface area contributed by atoms with Crippen LogP contribution >= 0.6 is 11.3 Å². The molecule has 1 amide bonds. The quantitative estimate of drug-likeness (QED) is 0.875. The Hall–Kier alpha value is -2.19. The van der Waals surface area contributed by atoms with Crippen LogP contribution in [-0.2, 0) is 14.8 Å². The zero-order chi connectivity index (χ0) is 16.1. The van der Waals surface area contributed by atoms with Gasteiger partial charge in [0.25, 0.3) is 10.0 Å². The molecule has 1 aliphatic heterocycles. The minimum absolute atomic E-state index is 0.0640. The third kappa shape index (κ3) is 2.30. The second-order valence-corrected chi connectivity index (χ2v) is 7.43. The highest BCUT2D eigenvalue weighted by molar-refractivity contribution is 8.00. The first-order chi connectivity index (χ1) is 10.3. The second kappa shape index (κ2) is 4.92. The van der Waals surface area contributed by atoms with E-state index in [2.05, 4.69) is 4.98 Å². The van der Waals surface area contributed by atoms with E-state index in [1.54, 1.807) is 4.72 Å². The van der Waals surface area contributed by atoms with E-state index in [9.17, 15) is 18.3 Å². The molecule has 0 saturated carbocycles. The number of nitrogens with zero attached hydrogens (tertiary/aromatic N) is 1. The van der Waals surface area contributed by atoms with Crippen molar-refractivity contribution in [3.05, 3.63) is 46.2 Å². The van der Waals surface area contributed by atoms with Crippen LogP contribution < -0.4 is 4.72 Å². The van der Waals surface area contributed by atoms with E-state index in [1.807, 2.05) is 32.0 Å². The Kier molecular flexibility index (Phi) is 3.30. The van der Waals surface area contributed by atoms with Crippen molar-refractivity contribution in [2.45, 2.75) is 13.8 Å².